The number of carbonyl (C=O) groups excluding carboxylic acids is 3. The summed E-state index contributed by atoms with van der Waals surface area (Å²) in [5, 5.41) is 6.04. The molecule has 7 nitrogen and oxygen atoms in total. The summed E-state index contributed by atoms with van der Waals surface area (Å²) in [6, 6.07) is 12.8. The van der Waals surface area contributed by atoms with E-state index in [0.717, 1.165) is 6.42 Å². The van der Waals surface area contributed by atoms with E-state index in [4.69, 9.17) is 16.3 Å². The second kappa shape index (κ2) is 10.2. The molecule has 1 heterocycles. The molecular weight excluding hydrogens is 406 g/mol. The van der Waals surface area contributed by atoms with Crippen molar-refractivity contribution < 1.29 is 19.1 Å². The van der Waals surface area contributed by atoms with Crippen LogP contribution in [0.25, 0.3) is 0 Å². The van der Waals surface area contributed by atoms with E-state index in [2.05, 4.69) is 10.6 Å². The van der Waals surface area contributed by atoms with Gasteiger partial charge in [-0.15, -0.1) is 0 Å². The van der Waals surface area contributed by atoms with Crippen LogP contribution in [0.3, 0.4) is 0 Å². The standard InChI is InChI=1S/C22H24ClN3O4/c1-30-12-10-24-21(28)19-9-4-11-26(19)22(29)16-6-3-8-18(14-16)25-20(27)15-5-2-7-17(23)13-15/h2-3,5-8,13-14,19H,4,9-12H2,1H3,(H,24,28)(H,25,27). The summed E-state index contributed by atoms with van der Waals surface area (Å²) in [5.41, 5.74) is 1.33. The van der Waals surface area contributed by atoms with Crippen LogP contribution in [-0.4, -0.2) is 55.5 Å². The van der Waals surface area contributed by atoms with E-state index in [9.17, 15) is 14.4 Å². The van der Waals surface area contributed by atoms with Gasteiger partial charge in [-0.25, -0.2) is 0 Å². The van der Waals surface area contributed by atoms with Crippen LogP contribution < -0.4 is 10.6 Å². The van der Waals surface area contributed by atoms with Crippen molar-refractivity contribution in [2.24, 2.45) is 0 Å². The summed E-state index contributed by atoms with van der Waals surface area (Å²) in [5.74, 6) is -0.736. The molecule has 2 N–H and O–H groups in total. The Labute approximate surface area is 180 Å². The van der Waals surface area contributed by atoms with Crippen LogP contribution in [0.15, 0.2) is 48.5 Å². The molecule has 0 bridgehead atoms. The highest BCUT2D eigenvalue weighted by atomic mass is 35.5. The Balaban J connectivity index is 1.69. The second-order valence-electron chi connectivity index (χ2n) is 6.99. The lowest BCUT2D eigenvalue weighted by Gasteiger charge is -2.24. The van der Waals surface area contributed by atoms with Crippen LogP contribution in [0.5, 0.6) is 0 Å². The van der Waals surface area contributed by atoms with Crippen molar-refractivity contribution in [3.63, 3.8) is 0 Å². The third-order valence-corrected chi connectivity index (χ3v) is 5.11. The number of ether oxygens (including phenoxy) is 1. The minimum Gasteiger partial charge on any atom is -0.383 e. The summed E-state index contributed by atoms with van der Waals surface area (Å²) in [4.78, 5) is 39.5. The maximum atomic E-state index is 13.0. The van der Waals surface area contributed by atoms with Gasteiger partial charge in [0.15, 0.2) is 0 Å². The lowest BCUT2D eigenvalue weighted by atomic mass is 10.1. The number of benzene rings is 2. The molecule has 3 rings (SSSR count). The van der Waals surface area contributed by atoms with Gasteiger partial charge in [0.1, 0.15) is 6.04 Å². The molecule has 0 aliphatic carbocycles. The number of halogens is 1. The van der Waals surface area contributed by atoms with Crippen LogP contribution in [0.2, 0.25) is 5.02 Å². The SMILES string of the molecule is COCCNC(=O)C1CCCN1C(=O)c1cccc(NC(=O)c2cccc(Cl)c2)c1. The van der Waals surface area contributed by atoms with Crippen molar-refractivity contribution in [1.82, 2.24) is 10.2 Å². The maximum absolute atomic E-state index is 13.0. The zero-order valence-electron chi connectivity index (χ0n) is 16.7. The van der Waals surface area contributed by atoms with Crippen LogP contribution in [-0.2, 0) is 9.53 Å². The Kier molecular flexibility index (Phi) is 7.43. The fraction of sp³-hybridized carbons (Fsp3) is 0.318. The Morgan fingerprint density at radius 2 is 1.90 bits per heavy atom. The Hall–Kier alpha value is -2.90. The summed E-state index contributed by atoms with van der Waals surface area (Å²) in [6.07, 6.45) is 1.38. The van der Waals surface area contributed by atoms with Crippen LogP contribution in [0.4, 0.5) is 5.69 Å². The molecular formula is C22H24ClN3O4. The van der Waals surface area contributed by atoms with Gasteiger partial charge in [-0.1, -0.05) is 23.7 Å². The van der Waals surface area contributed by atoms with E-state index >= 15 is 0 Å². The van der Waals surface area contributed by atoms with Gasteiger partial charge in [-0.3, -0.25) is 14.4 Å². The molecule has 30 heavy (non-hydrogen) atoms. The maximum Gasteiger partial charge on any atom is 0.255 e. The number of anilines is 1. The summed E-state index contributed by atoms with van der Waals surface area (Å²) < 4.78 is 4.94. The van der Waals surface area contributed by atoms with Crippen molar-refractivity contribution in [3.8, 4) is 0 Å². The van der Waals surface area contributed by atoms with Crippen LogP contribution >= 0.6 is 11.6 Å². The van der Waals surface area contributed by atoms with Gasteiger partial charge in [0.25, 0.3) is 11.8 Å². The number of nitrogens with one attached hydrogen (secondary N) is 2. The molecule has 8 heteroatoms. The third-order valence-electron chi connectivity index (χ3n) is 4.88. The van der Waals surface area contributed by atoms with Crippen molar-refractivity contribution in [1.29, 1.82) is 0 Å². The van der Waals surface area contributed by atoms with Gasteiger partial charge in [0.05, 0.1) is 6.61 Å². The zero-order chi connectivity index (χ0) is 21.5. The number of hydrogen-bond acceptors (Lipinski definition) is 4. The Morgan fingerprint density at radius 3 is 2.67 bits per heavy atom. The first-order chi connectivity index (χ1) is 14.5. The number of carbonyl (C=O) groups is 3. The highest BCUT2D eigenvalue weighted by molar-refractivity contribution is 6.31. The molecule has 1 atom stereocenters. The fourth-order valence-electron chi connectivity index (χ4n) is 3.41. The monoisotopic (exact) mass is 429 g/mol. The number of nitrogens with zero attached hydrogens (tertiary/aromatic N) is 1. The average molecular weight is 430 g/mol. The van der Waals surface area contributed by atoms with E-state index in [1.54, 1.807) is 60.5 Å². The molecule has 0 spiro atoms. The molecule has 2 aromatic rings. The van der Waals surface area contributed by atoms with Gasteiger partial charge >= 0.3 is 0 Å². The summed E-state index contributed by atoms with van der Waals surface area (Å²) in [7, 11) is 1.57. The van der Waals surface area contributed by atoms with E-state index in [-0.39, 0.29) is 17.7 Å². The third kappa shape index (κ3) is 5.37. The predicted octanol–water partition coefficient (Wildman–Crippen LogP) is 2.96. The normalized spacial score (nSPS) is 15.7. The number of hydrogen-bond donors (Lipinski definition) is 2. The van der Waals surface area contributed by atoms with Gasteiger partial charge in [0.2, 0.25) is 5.91 Å². The minimum atomic E-state index is -0.501. The highest BCUT2D eigenvalue weighted by Gasteiger charge is 2.34. The zero-order valence-corrected chi connectivity index (χ0v) is 17.4. The van der Waals surface area contributed by atoms with Crippen LogP contribution in [0, 0.1) is 0 Å². The first-order valence-electron chi connectivity index (χ1n) is 9.74. The van der Waals surface area contributed by atoms with E-state index in [1.165, 1.54) is 0 Å². The first kappa shape index (κ1) is 21.8. The van der Waals surface area contributed by atoms with Gasteiger partial charge in [-0.2, -0.15) is 0 Å². The Morgan fingerprint density at radius 1 is 1.13 bits per heavy atom. The van der Waals surface area contributed by atoms with Gasteiger partial charge in [0, 0.05) is 42.0 Å². The van der Waals surface area contributed by atoms with Crippen molar-refractivity contribution in [2.45, 2.75) is 18.9 Å². The number of likely N-dealkylation sites (tertiary alicyclic amines) is 1. The Bertz CT molecular complexity index is 934. The quantitative estimate of drug-likeness (QED) is 0.662. The summed E-state index contributed by atoms with van der Waals surface area (Å²) in [6.45, 7) is 1.33. The van der Waals surface area contributed by atoms with E-state index in [0.29, 0.717) is 48.0 Å². The first-order valence-corrected chi connectivity index (χ1v) is 10.1. The lowest BCUT2D eigenvalue weighted by molar-refractivity contribution is -0.125. The largest absolute Gasteiger partial charge is 0.383 e. The second-order valence-corrected chi connectivity index (χ2v) is 7.42. The molecule has 1 fully saturated rings. The smallest absolute Gasteiger partial charge is 0.255 e. The molecule has 0 aromatic heterocycles. The lowest BCUT2D eigenvalue weighted by Crippen LogP contribution is -2.46. The average Bonchev–Trinajstić information content (AvgIpc) is 3.23. The molecule has 1 saturated heterocycles. The van der Waals surface area contributed by atoms with Gasteiger partial charge < -0.3 is 20.3 Å². The topological polar surface area (TPSA) is 87.7 Å². The highest BCUT2D eigenvalue weighted by Crippen LogP contribution is 2.22. The predicted molar refractivity (Wildman–Crippen MR) is 115 cm³/mol. The fourth-order valence-corrected chi connectivity index (χ4v) is 3.60. The van der Waals surface area contributed by atoms with E-state index < -0.39 is 6.04 Å². The van der Waals surface area contributed by atoms with Crippen molar-refractivity contribution in [2.75, 3.05) is 32.1 Å². The molecule has 3 amide bonds. The van der Waals surface area contributed by atoms with Crippen molar-refractivity contribution >= 4 is 35.0 Å². The van der Waals surface area contributed by atoms with E-state index in [1.807, 2.05) is 0 Å². The number of rotatable bonds is 7. The molecule has 1 aliphatic heterocycles. The molecule has 0 radical (unpaired) electrons. The summed E-state index contributed by atoms with van der Waals surface area (Å²) >= 11 is 5.94. The molecule has 1 unspecified atom stereocenters. The van der Waals surface area contributed by atoms with Crippen molar-refractivity contribution in [3.05, 3.63) is 64.7 Å². The van der Waals surface area contributed by atoms with Gasteiger partial charge in [-0.05, 0) is 49.2 Å². The number of amides is 3. The molecule has 0 saturated carbocycles. The number of methoxy groups -OCH3 is 1. The van der Waals surface area contributed by atoms with Crippen LogP contribution in [0.1, 0.15) is 33.6 Å². The molecule has 1 aliphatic rings. The molecule has 158 valence electrons. The minimum absolute atomic E-state index is 0.177. The molecule has 2 aromatic carbocycles.